The van der Waals surface area contributed by atoms with Gasteiger partial charge in [-0.15, -0.1) is 0 Å². The van der Waals surface area contributed by atoms with Crippen LogP contribution in [0.4, 0.5) is 10.1 Å². The van der Waals surface area contributed by atoms with Crippen LogP contribution in [0.3, 0.4) is 0 Å². The molecule has 1 rings (SSSR count). The number of aliphatic hydroxyl groups excluding tert-OH is 1. The number of anilines is 1. The second-order valence-electron chi connectivity index (χ2n) is 4.39. The molecular weight excluding hydrogens is 261 g/mol. The zero-order chi connectivity index (χ0) is 15.2. The van der Waals surface area contributed by atoms with Crippen LogP contribution in [0.25, 0.3) is 0 Å². The van der Waals surface area contributed by atoms with Crippen LogP contribution in [-0.4, -0.2) is 30.3 Å². The van der Waals surface area contributed by atoms with Gasteiger partial charge in [0.1, 0.15) is 18.0 Å². The molecule has 2 N–H and O–H groups in total. The Morgan fingerprint density at radius 2 is 2.25 bits per heavy atom. The van der Waals surface area contributed by atoms with Crippen LogP contribution >= 0.6 is 0 Å². The summed E-state index contributed by atoms with van der Waals surface area (Å²) in [6.07, 6.45) is 0.494. The van der Waals surface area contributed by atoms with Crippen LogP contribution in [0, 0.1) is 17.7 Å². The van der Waals surface area contributed by atoms with Crippen molar-refractivity contribution in [2.24, 2.45) is 0 Å². The van der Waals surface area contributed by atoms with Crippen molar-refractivity contribution in [1.82, 2.24) is 0 Å². The standard InChI is InChI=1S/C15H18FNO3/c1-4-15(2,20-3)14(19)17-13-8-7-12(16)10-11(13)6-5-9-18/h7-8,10,18H,4,9H2,1-3H3,(H,17,19). The Morgan fingerprint density at radius 1 is 1.55 bits per heavy atom. The van der Waals surface area contributed by atoms with Crippen LogP contribution < -0.4 is 5.32 Å². The maximum Gasteiger partial charge on any atom is 0.256 e. The molecule has 0 aliphatic heterocycles. The number of rotatable bonds is 4. The van der Waals surface area contributed by atoms with Gasteiger partial charge < -0.3 is 15.2 Å². The van der Waals surface area contributed by atoms with Gasteiger partial charge in [-0.3, -0.25) is 4.79 Å². The number of hydrogen-bond acceptors (Lipinski definition) is 3. The van der Waals surface area contributed by atoms with Gasteiger partial charge in [-0.1, -0.05) is 18.8 Å². The third kappa shape index (κ3) is 3.80. The molecule has 1 aromatic carbocycles. The van der Waals surface area contributed by atoms with E-state index in [0.29, 0.717) is 17.7 Å². The molecule has 0 spiro atoms. The fourth-order valence-corrected chi connectivity index (χ4v) is 1.52. The van der Waals surface area contributed by atoms with E-state index >= 15 is 0 Å². The Bertz CT molecular complexity index is 542. The van der Waals surface area contributed by atoms with Gasteiger partial charge in [0.15, 0.2) is 0 Å². The summed E-state index contributed by atoms with van der Waals surface area (Å²) in [5.41, 5.74) is -0.271. The van der Waals surface area contributed by atoms with E-state index in [-0.39, 0.29) is 12.5 Å². The van der Waals surface area contributed by atoms with Crippen molar-refractivity contribution in [2.75, 3.05) is 19.0 Å². The Morgan fingerprint density at radius 3 is 2.80 bits per heavy atom. The molecule has 0 saturated carbocycles. The monoisotopic (exact) mass is 279 g/mol. The highest BCUT2D eigenvalue weighted by molar-refractivity contribution is 5.98. The van der Waals surface area contributed by atoms with Crippen molar-refractivity contribution in [3.63, 3.8) is 0 Å². The first-order valence-corrected chi connectivity index (χ1v) is 6.22. The summed E-state index contributed by atoms with van der Waals surface area (Å²) in [6.45, 7) is 3.17. The average Bonchev–Trinajstić information content (AvgIpc) is 2.46. The van der Waals surface area contributed by atoms with Gasteiger partial charge in [0.05, 0.1) is 11.3 Å². The minimum absolute atomic E-state index is 0.307. The predicted molar refractivity (Wildman–Crippen MR) is 74.7 cm³/mol. The van der Waals surface area contributed by atoms with Gasteiger partial charge in [-0.25, -0.2) is 4.39 Å². The van der Waals surface area contributed by atoms with Crippen molar-refractivity contribution in [3.8, 4) is 11.8 Å². The van der Waals surface area contributed by atoms with Crippen molar-refractivity contribution in [3.05, 3.63) is 29.6 Å². The zero-order valence-electron chi connectivity index (χ0n) is 11.8. The fourth-order valence-electron chi connectivity index (χ4n) is 1.52. The summed E-state index contributed by atoms with van der Waals surface area (Å²) in [4.78, 5) is 12.2. The van der Waals surface area contributed by atoms with Crippen LogP contribution in [-0.2, 0) is 9.53 Å². The Labute approximate surface area is 117 Å². The Hall–Kier alpha value is -1.90. The summed E-state index contributed by atoms with van der Waals surface area (Å²) in [5.74, 6) is 4.23. The van der Waals surface area contributed by atoms with Crippen LogP contribution in [0.2, 0.25) is 0 Å². The first kappa shape index (κ1) is 16.2. The molecule has 0 radical (unpaired) electrons. The number of methoxy groups -OCH3 is 1. The van der Waals surface area contributed by atoms with E-state index in [0.717, 1.165) is 0 Å². The first-order chi connectivity index (χ1) is 9.46. The third-order valence-corrected chi connectivity index (χ3v) is 3.14. The van der Waals surface area contributed by atoms with E-state index < -0.39 is 11.4 Å². The molecule has 1 unspecified atom stereocenters. The second kappa shape index (κ2) is 7.04. The number of carbonyl (C=O) groups is 1. The predicted octanol–water partition coefficient (Wildman–Crippen LogP) is 1.92. The molecule has 1 atom stereocenters. The summed E-state index contributed by atoms with van der Waals surface area (Å²) >= 11 is 0. The largest absolute Gasteiger partial charge is 0.384 e. The number of nitrogens with one attached hydrogen (secondary N) is 1. The molecule has 0 aliphatic carbocycles. The molecule has 1 amide bonds. The van der Waals surface area contributed by atoms with Crippen LogP contribution in [0.1, 0.15) is 25.8 Å². The molecule has 1 aromatic rings. The Kier molecular flexibility index (Phi) is 5.68. The smallest absolute Gasteiger partial charge is 0.256 e. The maximum atomic E-state index is 13.2. The molecule has 0 fully saturated rings. The number of aliphatic hydroxyl groups is 1. The molecule has 4 nitrogen and oxygen atoms in total. The minimum Gasteiger partial charge on any atom is -0.384 e. The first-order valence-electron chi connectivity index (χ1n) is 6.22. The molecule has 0 aliphatic rings. The number of benzene rings is 1. The minimum atomic E-state index is -0.962. The average molecular weight is 279 g/mol. The van der Waals surface area contributed by atoms with Gasteiger partial charge >= 0.3 is 0 Å². The van der Waals surface area contributed by atoms with Gasteiger partial charge in [-0.05, 0) is 31.5 Å². The number of hydrogen-bond donors (Lipinski definition) is 2. The van der Waals surface area contributed by atoms with Gasteiger partial charge in [0.2, 0.25) is 0 Å². The summed E-state index contributed by atoms with van der Waals surface area (Å²) in [6, 6.07) is 3.87. The molecule has 5 heteroatoms. The lowest BCUT2D eigenvalue weighted by Gasteiger charge is -2.25. The Balaban J connectivity index is 3.06. The quantitative estimate of drug-likeness (QED) is 0.828. The van der Waals surface area contributed by atoms with E-state index in [9.17, 15) is 9.18 Å². The molecule has 0 bridgehead atoms. The second-order valence-corrected chi connectivity index (χ2v) is 4.39. The number of halogens is 1. The molecule has 0 saturated heterocycles. The van der Waals surface area contributed by atoms with Crippen molar-refractivity contribution in [2.45, 2.75) is 25.9 Å². The van der Waals surface area contributed by atoms with Crippen LogP contribution in [0.15, 0.2) is 18.2 Å². The van der Waals surface area contributed by atoms with Crippen molar-refractivity contribution >= 4 is 11.6 Å². The van der Waals surface area contributed by atoms with E-state index in [2.05, 4.69) is 17.2 Å². The van der Waals surface area contributed by atoms with E-state index in [1.165, 1.54) is 25.3 Å². The zero-order valence-corrected chi connectivity index (χ0v) is 11.8. The molecule has 0 aromatic heterocycles. The lowest BCUT2D eigenvalue weighted by atomic mass is 10.0. The lowest BCUT2D eigenvalue weighted by Crippen LogP contribution is -2.41. The highest BCUT2D eigenvalue weighted by Crippen LogP contribution is 2.21. The van der Waals surface area contributed by atoms with Crippen LogP contribution in [0.5, 0.6) is 0 Å². The summed E-state index contributed by atoms with van der Waals surface area (Å²) in [7, 11) is 1.46. The van der Waals surface area contributed by atoms with Crippen molar-refractivity contribution in [1.29, 1.82) is 0 Å². The topological polar surface area (TPSA) is 58.6 Å². The third-order valence-electron chi connectivity index (χ3n) is 3.14. The van der Waals surface area contributed by atoms with Crippen molar-refractivity contribution < 1.29 is 19.0 Å². The fraction of sp³-hybridized carbons (Fsp3) is 0.400. The highest BCUT2D eigenvalue weighted by atomic mass is 19.1. The van der Waals surface area contributed by atoms with E-state index in [1.54, 1.807) is 6.92 Å². The lowest BCUT2D eigenvalue weighted by molar-refractivity contribution is -0.136. The molecule has 108 valence electrons. The number of ether oxygens (including phenoxy) is 1. The maximum absolute atomic E-state index is 13.2. The SMILES string of the molecule is CCC(C)(OC)C(=O)Nc1ccc(F)cc1C#CCO. The molecule has 20 heavy (non-hydrogen) atoms. The summed E-state index contributed by atoms with van der Waals surface area (Å²) in [5, 5.41) is 11.4. The normalized spacial score (nSPS) is 13.1. The van der Waals surface area contributed by atoms with Gasteiger partial charge in [0, 0.05) is 7.11 Å². The summed E-state index contributed by atoms with van der Waals surface area (Å²) < 4.78 is 18.4. The number of carbonyl (C=O) groups excluding carboxylic acids is 1. The van der Waals surface area contributed by atoms with Gasteiger partial charge in [-0.2, -0.15) is 0 Å². The molecule has 0 heterocycles. The van der Waals surface area contributed by atoms with E-state index in [1.807, 2.05) is 6.92 Å². The highest BCUT2D eigenvalue weighted by Gasteiger charge is 2.31. The molecular formula is C15H18FNO3. The van der Waals surface area contributed by atoms with E-state index in [4.69, 9.17) is 9.84 Å². The van der Waals surface area contributed by atoms with Gasteiger partial charge in [0.25, 0.3) is 5.91 Å². The number of amides is 1.